The molecule has 0 aliphatic carbocycles. The summed E-state index contributed by atoms with van der Waals surface area (Å²) in [5.41, 5.74) is 4.13. The van der Waals surface area contributed by atoms with Gasteiger partial charge in [0.1, 0.15) is 6.04 Å². The Morgan fingerprint density at radius 1 is 1.73 bits per heavy atom. The van der Waals surface area contributed by atoms with Gasteiger partial charge >= 0.3 is 0 Å². The number of nitriles is 1. The number of nitrogens with one attached hydrogen (secondary N) is 2. The molecule has 4 nitrogen and oxygen atoms in total. The molecule has 1 unspecified atom stereocenters. The first-order valence-electron chi connectivity index (χ1n) is 3.47. The van der Waals surface area contributed by atoms with Crippen LogP contribution in [-0.4, -0.2) is 11.1 Å². The number of rotatable bonds is 0. The molecule has 56 valence electrons. The SMILES string of the molecule is N#CC1CC2=CNC=CN2N1. The van der Waals surface area contributed by atoms with Crippen LogP contribution in [0.2, 0.25) is 0 Å². The molecule has 0 aromatic heterocycles. The van der Waals surface area contributed by atoms with Crippen molar-refractivity contribution < 1.29 is 0 Å². The monoisotopic (exact) mass is 148 g/mol. The van der Waals surface area contributed by atoms with Crippen molar-refractivity contribution in [2.45, 2.75) is 12.5 Å². The second-order valence-electron chi connectivity index (χ2n) is 2.50. The Balaban J connectivity index is 2.17. The maximum Gasteiger partial charge on any atom is 0.119 e. The van der Waals surface area contributed by atoms with Gasteiger partial charge in [0.25, 0.3) is 0 Å². The van der Waals surface area contributed by atoms with Gasteiger partial charge in [0.15, 0.2) is 0 Å². The third-order valence-electron chi connectivity index (χ3n) is 1.74. The zero-order chi connectivity index (χ0) is 7.68. The fourth-order valence-corrected chi connectivity index (χ4v) is 1.21. The number of nitrogens with zero attached hydrogens (tertiary/aromatic N) is 2. The Bertz CT molecular complexity index is 260. The third-order valence-corrected chi connectivity index (χ3v) is 1.74. The highest BCUT2D eigenvalue weighted by molar-refractivity contribution is 5.18. The molecule has 0 amide bonds. The number of hydrogen-bond donors (Lipinski definition) is 2. The van der Waals surface area contributed by atoms with Gasteiger partial charge in [-0.1, -0.05) is 0 Å². The van der Waals surface area contributed by atoms with Gasteiger partial charge in [0, 0.05) is 25.0 Å². The van der Waals surface area contributed by atoms with Crippen molar-refractivity contribution in [1.82, 2.24) is 15.8 Å². The van der Waals surface area contributed by atoms with Crippen molar-refractivity contribution in [2.75, 3.05) is 0 Å². The molecule has 0 radical (unpaired) electrons. The van der Waals surface area contributed by atoms with Crippen LogP contribution in [0.4, 0.5) is 0 Å². The van der Waals surface area contributed by atoms with Crippen LogP contribution in [-0.2, 0) is 0 Å². The lowest BCUT2D eigenvalue weighted by Crippen LogP contribution is -2.31. The molecule has 0 aromatic carbocycles. The summed E-state index contributed by atoms with van der Waals surface area (Å²) in [4.78, 5) is 0. The Morgan fingerprint density at radius 2 is 2.64 bits per heavy atom. The standard InChI is InChI=1S/C7H8N4/c8-4-6-3-7-5-9-1-2-11(7)10-6/h1-2,5-6,9-10H,3H2. The van der Waals surface area contributed by atoms with Crippen LogP contribution in [0.3, 0.4) is 0 Å². The predicted octanol–water partition coefficient (Wildman–Crippen LogP) is 0.00468. The molecule has 4 heteroatoms. The highest BCUT2D eigenvalue weighted by atomic mass is 15.5. The summed E-state index contributed by atoms with van der Waals surface area (Å²) in [6.07, 6.45) is 6.35. The van der Waals surface area contributed by atoms with Gasteiger partial charge in [-0.05, 0) is 0 Å². The van der Waals surface area contributed by atoms with Crippen molar-refractivity contribution >= 4 is 0 Å². The first-order chi connectivity index (χ1) is 5.40. The fourth-order valence-electron chi connectivity index (χ4n) is 1.21. The van der Waals surface area contributed by atoms with E-state index in [1.54, 1.807) is 0 Å². The molecule has 11 heavy (non-hydrogen) atoms. The van der Waals surface area contributed by atoms with Crippen molar-refractivity contribution in [3.8, 4) is 6.07 Å². The molecule has 2 aliphatic rings. The first-order valence-corrected chi connectivity index (χ1v) is 3.47. The van der Waals surface area contributed by atoms with E-state index in [0.29, 0.717) is 0 Å². The summed E-state index contributed by atoms with van der Waals surface area (Å²) in [6.45, 7) is 0. The molecular weight excluding hydrogens is 140 g/mol. The van der Waals surface area contributed by atoms with Crippen LogP contribution in [0, 0.1) is 11.3 Å². The minimum atomic E-state index is -0.0780. The molecule has 2 heterocycles. The molecule has 0 saturated carbocycles. The summed E-state index contributed by atoms with van der Waals surface area (Å²) in [5, 5.41) is 13.4. The molecule has 2 aliphatic heterocycles. The van der Waals surface area contributed by atoms with Crippen LogP contribution in [0.15, 0.2) is 24.3 Å². The second kappa shape index (κ2) is 2.29. The topological polar surface area (TPSA) is 51.1 Å². The van der Waals surface area contributed by atoms with E-state index in [-0.39, 0.29) is 6.04 Å². The van der Waals surface area contributed by atoms with Crippen molar-refractivity contribution in [3.63, 3.8) is 0 Å². The summed E-state index contributed by atoms with van der Waals surface area (Å²) >= 11 is 0. The fraction of sp³-hybridized carbons (Fsp3) is 0.286. The molecule has 1 saturated heterocycles. The van der Waals surface area contributed by atoms with Gasteiger partial charge in [-0.3, -0.25) is 5.01 Å². The second-order valence-corrected chi connectivity index (χ2v) is 2.50. The lowest BCUT2D eigenvalue weighted by Gasteiger charge is -2.17. The van der Waals surface area contributed by atoms with Gasteiger partial charge in [-0.25, -0.2) is 5.43 Å². The van der Waals surface area contributed by atoms with E-state index in [2.05, 4.69) is 16.8 Å². The summed E-state index contributed by atoms with van der Waals surface area (Å²) in [7, 11) is 0. The van der Waals surface area contributed by atoms with Gasteiger partial charge in [0.05, 0.1) is 11.8 Å². The van der Waals surface area contributed by atoms with Gasteiger partial charge in [-0.15, -0.1) is 0 Å². The van der Waals surface area contributed by atoms with Crippen molar-refractivity contribution in [2.24, 2.45) is 0 Å². The maximum absolute atomic E-state index is 8.60. The zero-order valence-corrected chi connectivity index (χ0v) is 5.91. The minimum Gasteiger partial charge on any atom is -0.365 e. The molecule has 1 fully saturated rings. The van der Waals surface area contributed by atoms with E-state index in [1.165, 1.54) is 0 Å². The summed E-state index contributed by atoms with van der Waals surface area (Å²) in [6, 6.07) is 2.09. The lowest BCUT2D eigenvalue weighted by atomic mass is 10.2. The Morgan fingerprint density at radius 3 is 3.36 bits per heavy atom. The molecular formula is C7H8N4. The molecule has 2 N–H and O–H groups in total. The van der Waals surface area contributed by atoms with E-state index >= 15 is 0 Å². The normalized spacial score (nSPS) is 27.0. The lowest BCUT2D eigenvalue weighted by molar-refractivity contribution is 0.380. The van der Waals surface area contributed by atoms with E-state index in [4.69, 9.17) is 5.26 Å². The Kier molecular flexibility index (Phi) is 1.30. The van der Waals surface area contributed by atoms with Crippen LogP contribution in [0.5, 0.6) is 0 Å². The largest absolute Gasteiger partial charge is 0.365 e. The average molecular weight is 148 g/mol. The van der Waals surface area contributed by atoms with Gasteiger partial charge in [-0.2, -0.15) is 5.26 Å². The molecule has 0 aromatic rings. The Labute approximate surface area is 64.8 Å². The molecule has 0 spiro atoms. The zero-order valence-electron chi connectivity index (χ0n) is 5.91. The molecule has 1 atom stereocenters. The van der Waals surface area contributed by atoms with Gasteiger partial charge in [0.2, 0.25) is 0 Å². The first kappa shape index (κ1) is 6.25. The van der Waals surface area contributed by atoms with Crippen LogP contribution < -0.4 is 10.7 Å². The van der Waals surface area contributed by atoms with E-state index in [0.717, 1.165) is 12.1 Å². The average Bonchev–Trinajstić information content (AvgIpc) is 2.46. The summed E-state index contributed by atoms with van der Waals surface area (Å²) in [5.74, 6) is 0. The van der Waals surface area contributed by atoms with Crippen LogP contribution in [0.25, 0.3) is 0 Å². The third kappa shape index (κ3) is 0.954. The number of hydrazine groups is 1. The quantitative estimate of drug-likeness (QED) is 0.508. The van der Waals surface area contributed by atoms with E-state index in [9.17, 15) is 0 Å². The molecule has 0 bridgehead atoms. The minimum absolute atomic E-state index is 0.0780. The highest BCUT2D eigenvalue weighted by Crippen LogP contribution is 2.18. The molecule has 2 rings (SSSR count). The van der Waals surface area contributed by atoms with Crippen LogP contribution in [0.1, 0.15) is 6.42 Å². The van der Waals surface area contributed by atoms with E-state index < -0.39 is 0 Å². The smallest absolute Gasteiger partial charge is 0.119 e. The number of hydrogen-bond acceptors (Lipinski definition) is 4. The van der Waals surface area contributed by atoms with Crippen LogP contribution >= 0.6 is 0 Å². The van der Waals surface area contributed by atoms with Crippen molar-refractivity contribution in [1.29, 1.82) is 5.26 Å². The number of fused-ring (bicyclic) bond motifs is 1. The van der Waals surface area contributed by atoms with E-state index in [1.807, 2.05) is 23.6 Å². The highest BCUT2D eigenvalue weighted by Gasteiger charge is 2.24. The Hall–Kier alpha value is -1.47. The van der Waals surface area contributed by atoms with Gasteiger partial charge < -0.3 is 5.32 Å². The predicted molar refractivity (Wildman–Crippen MR) is 39.4 cm³/mol. The summed E-state index contributed by atoms with van der Waals surface area (Å²) < 4.78 is 0. The van der Waals surface area contributed by atoms with Crippen molar-refractivity contribution in [3.05, 3.63) is 24.3 Å². The maximum atomic E-state index is 8.60.